The summed E-state index contributed by atoms with van der Waals surface area (Å²) in [5.41, 5.74) is 4.23. The van der Waals surface area contributed by atoms with Crippen LogP contribution in [0.4, 0.5) is 8.78 Å². The van der Waals surface area contributed by atoms with Crippen LogP contribution in [0.25, 0.3) is 16.6 Å². The number of ether oxygens (including phenoxy) is 1. The van der Waals surface area contributed by atoms with Crippen LogP contribution in [0.2, 0.25) is 0 Å². The number of benzene rings is 1. The van der Waals surface area contributed by atoms with E-state index in [1.165, 1.54) is 7.11 Å². The van der Waals surface area contributed by atoms with Crippen molar-refractivity contribution < 1.29 is 18.3 Å². The number of allylic oxidation sites excluding steroid dienone is 2. The van der Waals surface area contributed by atoms with Gasteiger partial charge in [-0.05, 0) is 47.4 Å². The molecule has 0 fully saturated rings. The lowest BCUT2D eigenvalue weighted by molar-refractivity contribution is -0.00603. The van der Waals surface area contributed by atoms with Crippen molar-refractivity contribution in [3.63, 3.8) is 0 Å². The number of hydrogen-bond acceptors (Lipinski definition) is 3. The highest BCUT2D eigenvalue weighted by molar-refractivity contribution is 5.89. The van der Waals surface area contributed by atoms with Crippen molar-refractivity contribution >= 4 is 22.6 Å². The normalized spacial score (nSPS) is 16.0. The number of hydrogen-bond donors (Lipinski definition) is 0. The molecule has 0 aliphatic heterocycles. The summed E-state index contributed by atoms with van der Waals surface area (Å²) in [6.45, 7) is 0.617. The van der Waals surface area contributed by atoms with Crippen molar-refractivity contribution in [2.75, 3.05) is 7.11 Å². The van der Waals surface area contributed by atoms with E-state index in [0.717, 1.165) is 27.7 Å². The van der Waals surface area contributed by atoms with Crippen LogP contribution in [-0.4, -0.2) is 28.6 Å². The van der Waals surface area contributed by atoms with Crippen LogP contribution in [0, 0.1) is 0 Å². The first-order valence-corrected chi connectivity index (χ1v) is 9.14. The standard InChI is InChI=1S/C22H20F2N2O2/c1-28-21(27)17-4-2-15(3-5-17)14-26-11-8-18-12-19(13-25-20(18)26)16-6-9-22(23,24)10-7-16/h2-6,8,11-13H,7,9-10,14H2,1H3. The molecule has 2 aromatic heterocycles. The molecule has 144 valence electrons. The average Bonchev–Trinajstić information content (AvgIpc) is 3.10. The molecule has 0 unspecified atom stereocenters. The smallest absolute Gasteiger partial charge is 0.337 e. The largest absolute Gasteiger partial charge is 0.465 e. The van der Waals surface area contributed by atoms with Crippen LogP contribution < -0.4 is 0 Å². The number of alkyl halides is 2. The Morgan fingerprint density at radius 1 is 1.25 bits per heavy atom. The maximum absolute atomic E-state index is 13.4. The summed E-state index contributed by atoms with van der Waals surface area (Å²) in [7, 11) is 1.36. The van der Waals surface area contributed by atoms with Gasteiger partial charge in [0.2, 0.25) is 0 Å². The fourth-order valence-electron chi connectivity index (χ4n) is 3.50. The van der Waals surface area contributed by atoms with Gasteiger partial charge in [-0.2, -0.15) is 0 Å². The molecule has 0 radical (unpaired) electrons. The topological polar surface area (TPSA) is 44.1 Å². The first-order valence-electron chi connectivity index (χ1n) is 9.14. The predicted octanol–water partition coefficient (Wildman–Crippen LogP) is 5.07. The summed E-state index contributed by atoms with van der Waals surface area (Å²) in [5.74, 6) is -2.95. The first-order chi connectivity index (χ1) is 13.4. The van der Waals surface area contributed by atoms with Crippen LogP contribution in [0.5, 0.6) is 0 Å². The summed E-state index contributed by atoms with van der Waals surface area (Å²) in [4.78, 5) is 16.1. The fraction of sp³-hybridized carbons (Fsp3) is 0.273. The Kier molecular flexibility index (Phi) is 4.71. The predicted molar refractivity (Wildman–Crippen MR) is 103 cm³/mol. The molecule has 1 aliphatic rings. The highest BCUT2D eigenvalue weighted by atomic mass is 19.3. The zero-order valence-electron chi connectivity index (χ0n) is 15.5. The lowest BCUT2D eigenvalue weighted by Crippen LogP contribution is -2.18. The highest BCUT2D eigenvalue weighted by Crippen LogP contribution is 2.36. The minimum absolute atomic E-state index is 0.112. The molecular weight excluding hydrogens is 362 g/mol. The molecule has 3 aromatic rings. The lowest BCUT2D eigenvalue weighted by atomic mass is 9.92. The van der Waals surface area contributed by atoms with Gasteiger partial charge in [-0.3, -0.25) is 0 Å². The molecule has 4 nitrogen and oxygen atoms in total. The molecule has 0 atom stereocenters. The number of esters is 1. The maximum Gasteiger partial charge on any atom is 0.337 e. The first kappa shape index (κ1) is 18.3. The zero-order valence-corrected chi connectivity index (χ0v) is 15.5. The molecule has 4 rings (SSSR count). The van der Waals surface area contributed by atoms with E-state index < -0.39 is 5.92 Å². The number of nitrogens with zero attached hydrogens (tertiary/aromatic N) is 2. The van der Waals surface area contributed by atoms with E-state index in [4.69, 9.17) is 4.74 Å². The van der Waals surface area contributed by atoms with E-state index in [1.54, 1.807) is 24.4 Å². The Morgan fingerprint density at radius 3 is 2.71 bits per heavy atom. The minimum Gasteiger partial charge on any atom is -0.465 e. The van der Waals surface area contributed by atoms with Gasteiger partial charge in [0, 0.05) is 37.2 Å². The minimum atomic E-state index is -2.59. The van der Waals surface area contributed by atoms with E-state index in [2.05, 4.69) is 4.98 Å². The van der Waals surface area contributed by atoms with Crippen molar-refractivity contribution in [1.29, 1.82) is 0 Å². The van der Waals surface area contributed by atoms with E-state index >= 15 is 0 Å². The third-order valence-corrected chi connectivity index (χ3v) is 5.11. The molecule has 0 spiro atoms. The van der Waals surface area contributed by atoms with Crippen LogP contribution in [0.15, 0.2) is 54.9 Å². The van der Waals surface area contributed by atoms with Gasteiger partial charge in [-0.1, -0.05) is 18.2 Å². The van der Waals surface area contributed by atoms with Crippen molar-refractivity contribution in [2.24, 2.45) is 0 Å². The number of pyridine rings is 1. The summed E-state index contributed by atoms with van der Waals surface area (Å²) >= 11 is 0. The van der Waals surface area contributed by atoms with Crippen LogP contribution in [-0.2, 0) is 11.3 Å². The van der Waals surface area contributed by atoms with Crippen molar-refractivity contribution in [1.82, 2.24) is 9.55 Å². The molecule has 1 aliphatic carbocycles. The molecule has 0 amide bonds. The van der Waals surface area contributed by atoms with Gasteiger partial charge >= 0.3 is 5.97 Å². The number of aromatic nitrogens is 2. The van der Waals surface area contributed by atoms with Crippen LogP contribution in [0.3, 0.4) is 0 Å². The Balaban J connectivity index is 1.55. The molecule has 0 N–H and O–H groups in total. The number of fused-ring (bicyclic) bond motifs is 1. The van der Waals surface area contributed by atoms with Crippen molar-refractivity contribution in [3.8, 4) is 0 Å². The summed E-state index contributed by atoms with van der Waals surface area (Å²) in [5, 5.41) is 0.974. The summed E-state index contributed by atoms with van der Waals surface area (Å²) in [6.07, 6.45) is 5.40. The fourth-order valence-corrected chi connectivity index (χ4v) is 3.50. The highest BCUT2D eigenvalue weighted by Gasteiger charge is 2.31. The number of methoxy groups -OCH3 is 1. The Labute approximate surface area is 161 Å². The van der Waals surface area contributed by atoms with E-state index in [1.807, 2.05) is 35.0 Å². The zero-order chi connectivity index (χ0) is 19.7. The monoisotopic (exact) mass is 382 g/mol. The van der Waals surface area contributed by atoms with E-state index in [9.17, 15) is 13.6 Å². The third kappa shape index (κ3) is 3.67. The molecule has 0 saturated heterocycles. The molecule has 0 bridgehead atoms. The quantitative estimate of drug-likeness (QED) is 0.592. The van der Waals surface area contributed by atoms with Gasteiger partial charge in [0.15, 0.2) is 0 Å². The lowest BCUT2D eigenvalue weighted by Gasteiger charge is -2.21. The number of carbonyl (C=O) groups excluding carboxylic acids is 1. The van der Waals surface area contributed by atoms with Gasteiger partial charge in [0.05, 0.1) is 12.7 Å². The maximum atomic E-state index is 13.4. The molecule has 6 heteroatoms. The Morgan fingerprint density at radius 2 is 2.04 bits per heavy atom. The van der Waals surface area contributed by atoms with Gasteiger partial charge in [0.25, 0.3) is 5.92 Å². The van der Waals surface area contributed by atoms with Gasteiger partial charge in [-0.15, -0.1) is 0 Å². The molecule has 0 saturated carbocycles. The van der Waals surface area contributed by atoms with Gasteiger partial charge < -0.3 is 9.30 Å². The summed E-state index contributed by atoms with van der Waals surface area (Å²) < 4.78 is 33.4. The molecular formula is C22H20F2N2O2. The van der Waals surface area contributed by atoms with Crippen molar-refractivity contribution in [3.05, 3.63) is 71.6 Å². The number of carbonyl (C=O) groups is 1. The molecule has 2 heterocycles. The number of halogens is 2. The molecule has 28 heavy (non-hydrogen) atoms. The second-order valence-electron chi connectivity index (χ2n) is 7.06. The second-order valence-corrected chi connectivity index (χ2v) is 7.06. The second kappa shape index (κ2) is 7.19. The Bertz CT molecular complexity index is 1050. The Hall–Kier alpha value is -3.02. The van der Waals surface area contributed by atoms with Crippen LogP contribution >= 0.6 is 0 Å². The van der Waals surface area contributed by atoms with Gasteiger partial charge in [-0.25, -0.2) is 18.6 Å². The van der Waals surface area contributed by atoms with Gasteiger partial charge in [0.1, 0.15) is 5.65 Å². The van der Waals surface area contributed by atoms with E-state index in [0.29, 0.717) is 18.5 Å². The number of rotatable bonds is 4. The van der Waals surface area contributed by atoms with E-state index in [-0.39, 0.29) is 18.8 Å². The van der Waals surface area contributed by atoms with Crippen LogP contribution in [0.1, 0.15) is 40.7 Å². The van der Waals surface area contributed by atoms with Crippen molar-refractivity contribution in [2.45, 2.75) is 31.7 Å². The average molecular weight is 382 g/mol. The molecule has 1 aromatic carbocycles. The summed E-state index contributed by atoms with van der Waals surface area (Å²) in [6, 6.07) is 11.2. The SMILES string of the molecule is COC(=O)c1ccc(Cn2ccc3cc(C4=CCC(F)(F)CC4)cnc32)cc1. The third-order valence-electron chi connectivity index (χ3n) is 5.11.